The van der Waals surface area contributed by atoms with Gasteiger partial charge in [-0.25, -0.2) is 28.8 Å². The second-order valence-corrected chi connectivity index (χ2v) is 7.43. The summed E-state index contributed by atoms with van der Waals surface area (Å²) in [7, 11) is 0. The molecule has 12 heteroatoms. The van der Waals surface area contributed by atoms with Crippen molar-refractivity contribution in [3.05, 3.63) is 75.9 Å². The van der Waals surface area contributed by atoms with Crippen LogP contribution in [0.5, 0.6) is 0 Å². The number of carbonyl (C=O) groups is 6. The van der Waals surface area contributed by atoms with Crippen LogP contribution in [0.1, 0.15) is 0 Å². The summed E-state index contributed by atoms with van der Waals surface area (Å²) in [6, 6.07) is 0. The molecule has 0 heterocycles. The molecule has 206 valence electrons. The molecule has 0 aromatic heterocycles. The first kappa shape index (κ1) is 33.3. The van der Waals surface area contributed by atoms with Crippen molar-refractivity contribution in [3.8, 4) is 0 Å². The van der Waals surface area contributed by atoms with Gasteiger partial charge in [-0.1, -0.05) is 39.5 Å². The van der Waals surface area contributed by atoms with Gasteiger partial charge in [-0.05, 0) is 0 Å². The van der Waals surface area contributed by atoms with Crippen LogP contribution in [0.3, 0.4) is 0 Å². The lowest BCUT2D eigenvalue weighted by Crippen LogP contribution is -2.59. The minimum atomic E-state index is -1.90. The lowest BCUT2D eigenvalue weighted by Gasteiger charge is -2.47. The fraction of sp³-hybridized carbons (Fsp3) is 0.308. The molecule has 0 bridgehead atoms. The number of esters is 6. The van der Waals surface area contributed by atoms with Gasteiger partial charge in [0.1, 0.15) is 39.6 Å². The molecule has 0 atom stereocenters. The van der Waals surface area contributed by atoms with Gasteiger partial charge in [-0.2, -0.15) is 0 Å². The Kier molecular flexibility index (Phi) is 14.7. The number of hydrogen-bond donors (Lipinski definition) is 0. The predicted molar refractivity (Wildman–Crippen MR) is 132 cm³/mol. The van der Waals surface area contributed by atoms with E-state index < -0.39 is 86.3 Å². The van der Waals surface area contributed by atoms with Gasteiger partial charge < -0.3 is 28.4 Å². The first-order valence-corrected chi connectivity index (χ1v) is 10.7. The molecule has 0 spiro atoms. The Hall–Kier alpha value is -4.74. The van der Waals surface area contributed by atoms with E-state index in [1.807, 2.05) is 0 Å². The number of ether oxygens (including phenoxy) is 6. The van der Waals surface area contributed by atoms with E-state index in [4.69, 9.17) is 28.4 Å². The van der Waals surface area contributed by atoms with Crippen LogP contribution >= 0.6 is 0 Å². The van der Waals surface area contributed by atoms with Gasteiger partial charge in [0.05, 0.1) is 10.8 Å². The van der Waals surface area contributed by atoms with Gasteiger partial charge in [-0.3, -0.25) is 0 Å². The highest BCUT2D eigenvalue weighted by atomic mass is 16.6. The molecule has 12 nitrogen and oxygen atoms in total. The molecule has 0 fully saturated rings. The highest BCUT2D eigenvalue weighted by molar-refractivity contribution is 5.83. The molecule has 0 aliphatic carbocycles. The van der Waals surface area contributed by atoms with Crippen molar-refractivity contribution in [1.82, 2.24) is 0 Å². The number of rotatable bonds is 19. The van der Waals surface area contributed by atoms with Crippen LogP contribution in [0.2, 0.25) is 0 Å². The van der Waals surface area contributed by atoms with Crippen LogP contribution in [0.4, 0.5) is 0 Å². The highest BCUT2D eigenvalue weighted by Crippen LogP contribution is 2.43. The van der Waals surface area contributed by atoms with Crippen molar-refractivity contribution in [2.45, 2.75) is 0 Å². The second-order valence-electron chi connectivity index (χ2n) is 7.43. The molecule has 0 saturated heterocycles. The molecule has 0 aromatic carbocycles. The normalized spacial score (nSPS) is 10.4. The Morgan fingerprint density at radius 3 is 0.605 bits per heavy atom. The Bertz CT molecular complexity index is 777. The van der Waals surface area contributed by atoms with Gasteiger partial charge in [0.2, 0.25) is 0 Å². The summed E-state index contributed by atoms with van der Waals surface area (Å²) < 4.78 is 31.3. The van der Waals surface area contributed by atoms with Crippen LogP contribution < -0.4 is 0 Å². The van der Waals surface area contributed by atoms with Gasteiger partial charge in [0, 0.05) is 36.5 Å². The van der Waals surface area contributed by atoms with Crippen molar-refractivity contribution in [3.63, 3.8) is 0 Å². The monoisotopic (exact) mass is 534 g/mol. The van der Waals surface area contributed by atoms with E-state index in [9.17, 15) is 28.8 Å². The summed E-state index contributed by atoms with van der Waals surface area (Å²) in [6.45, 7) is 15.5. The molecule has 0 aliphatic heterocycles. The summed E-state index contributed by atoms with van der Waals surface area (Å²) in [5.74, 6) is -5.65. The van der Waals surface area contributed by atoms with Crippen LogP contribution in [-0.2, 0) is 57.2 Å². The minimum absolute atomic E-state index is 0.713. The topological polar surface area (TPSA) is 158 Å². The van der Waals surface area contributed by atoms with E-state index in [0.717, 1.165) is 36.5 Å². The maximum Gasteiger partial charge on any atom is 0.330 e. The van der Waals surface area contributed by atoms with E-state index in [1.165, 1.54) is 0 Å². The molecule has 0 amide bonds. The van der Waals surface area contributed by atoms with E-state index >= 15 is 0 Å². The highest BCUT2D eigenvalue weighted by Gasteiger charge is 2.57. The average Bonchev–Trinajstić information content (AvgIpc) is 2.95. The molecule has 0 radical (unpaired) electrons. The zero-order valence-electron chi connectivity index (χ0n) is 20.8. The van der Waals surface area contributed by atoms with Crippen molar-refractivity contribution >= 4 is 35.8 Å². The summed E-state index contributed by atoms with van der Waals surface area (Å²) >= 11 is 0. The van der Waals surface area contributed by atoms with Crippen LogP contribution in [0.25, 0.3) is 0 Å². The van der Waals surface area contributed by atoms with Gasteiger partial charge in [-0.15, -0.1) is 0 Å². The molecule has 0 aromatic rings. The van der Waals surface area contributed by atoms with Crippen molar-refractivity contribution in [2.75, 3.05) is 39.6 Å². The summed E-state index contributed by atoms with van der Waals surface area (Å²) in [5, 5.41) is 0. The third-order valence-corrected chi connectivity index (χ3v) is 5.07. The van der Waals surface area contributed by atoms with E-state index in [0.29, 0.717) is 0 Å². The molecule has 0 unspecified atom stereocenters. The Morgan fingerprint density at radius 1 is 0.368 bits per heavy atom. The molecular weight excluding hydrogens is 504 g/mol. The number of hydrogen-bond acceptors (Lipinski definition) is 12. The van der Waals surface area contributed by atoms with Crippen molar-refractivity contribution in [1.29, 1.82) is 0 Å². The van der Waals surface area contributed by atoms with Crippen LogP contribution in [0.15, 0.2) is 75.9 Å². The summed E-state index contributed by atoms with van der Waals surface area (Å²) in [4.78, 5) is 72.2. The lowest BCUT2D eigenvalue weighted by atomic mass is 9.65. The molecule has 0 saturated carbocycles. The van der Waals surface area contributed by atoms with Crippen molar-refractivity contribution in [2.24, 2.45) is 10.8 Å². The smallest absolute Gasteiger partial charge is 0.330 e. The SMILES string of the molecule is C=CC(=O)OCC(COC(=O)C=C)(COC(=O)C=C)C(COC(=O)C=C)(COC(=O)C=C)COC(=O)C=C. The van der Waals surface area contributed by atoms with Gasteiger partial charge >= 0.3 is 35.8 Å². The molecule has 0 aliphatic rings. The van der Waals surface area contributed by atoms with E-state index in [1.54, 1.807) is 0 Å². The summed E-state index contributed by atoms with van der Waals surface area (Å²) in [5.41, 5.74) is -3.79. The fourth-order valence-electron chi connectivity index (χ4n) is 2.78. The van der Waals surface area contributed by atoms with E-state index in [2.05, 4.69) is 39.5 Å². The zero-order chi connectivity index (χ0) is 29.2. The van der Waals surface area contributed by atoms with Gasteiger partial charge in [0.15, 0.2) is 0 Å². The van der Waals surface area contributed by atoms with Crippen molar-refractivity contribution < 1.29 is 57.2 Å². The van der Waals surface area contributed by atoms with Gasteiger partial charge in [0.25, 0.3) is 0 Å². The predicted octanol–water partition coefficient (Wildman–Crippen LogP) is 1.33. The number of carbonyl (C=O) groups excluding carboxylic acids is 6. The molecule has 0 rings (SSSR count). The Balaban J connectivity index is 7.21. The van der Waals surface area contributed by atoms with E-state index in [-0.39, 0.29) is 0 Å². The molecule has 38 heavy (non-hydrogen) atoms. The summed E-state index contributed by atoms with van der Waals surface area (Å²) in [6.07, 6.45) is 4.95. The maximum absolute atomic E-state index is 12.0. The zero-order valence-corrected chi connectivity index (χ0v) is 20.8. The standard InChI is InChI=1S/C26H30O12/c1-7-19(27)33-13-25(14-34-20(28)8-2,15-35-21(29)9-3)26(16-36-22(30)10-4,17-37-23(31)11-5)18-38-24(32)12-6/h7-12H,1-6,13-18H2. The first-order valence-electron chi connectivity index (χ1n) is 10.7. The molecule has 0 N–H and O–H groups in total. The first-order chi connectivity index (χ1) is 18.0. The third-order valence-electron chi connectivity index (χ3n) is 5.07. The largest absolute Gasteiger partial charge is 0.462 e. The van der Waals surface area contributed by atoms with Crippen LogP contribution in [0, 0.1) is 10.8 Å². The second kappa shape index (κ2) is 16.8. The third kappa shape index (κ3) is 10.5. The fourth-order valence-corrected chi connectivity index (χ4v) is 2.78. The maximum atomic E-state index is 12.0. The quantitative estimate of drug-likeness (QED) is 0.133. The van der Waals surface area contributed by atoms with Crippen LogP contribution in [-0.4, -0.2) is 75.5 Å². The Labute approximate surface area is 219 Å². The Morgan fingerprint density at radius 2 is 0.500 bits per heavy atom. The average molecular weight is 535 g/mol. The lowest BCUT2D eigenvalue weighted by molar-refractivity contribution is -0.204. The minimum Gasteiger partial charge on any atom is -0.462 e. The molecular formula is C26H30O12.